The lowest BCUT2D eigenvalue weighted by atomic mass is 9.77. The van der Waals surface area contributed by atoms with E-state index in [0.717, 1.165) is 0 Å². The molecule has 0 N–H and O–H groups in total. The van der Waals surface area contributed by atoms with Gasteiger partial charge in [-0.15, -0.1) is 0 Å². The maximum Gasteiger partial charge on any atom is 0.137 e. The lowest BCUT2D eigenvalue weighted by molar-refractivity contribution is -0.312. The third-order valence-corrected chi connectivity index (χ3v) is 1.99. The van der Waals surface area contributed by atoms with Gasteiger partial charge < -0.3 is 9.90 Å². The first-order chi connectivity index (χ1) is 5.34. The number of ketones is 1. The summed E-state index contributed by atoms with van der Waals surface area (Å²) >= 11 is 0. The fraction of sp³-hybridized carbons (Fsp3) is 0.625. The van der Waals surface area contributed by atoms with Crippen LogP contribution in [0.25, 0.3) is 0 Å². The van der Waals surface area contributed by atoms with Crippen LogP contribution in [0.1, 0.15) is 20.8 Å². The Balaban J connectivity index is 4.87. The van der Waals surface area contributed by atoms with Gasteiger partial charge in [-0.05, 0) is 6.92 Å². The number of rotatable bonds is 3. The van der Waals surface area contributed by atoms with Crippen LogP contribution in [0.15, 0.2) is 0 Å². The lowest BCUT2D eigenvalue weighted by Crippen LogP contribution is -2.42. The Labute approximate surface area is 70.8 Å². The molecule has 4 nitrogen and oxygen atoms in total. The van der Waals surface area contributed by atoms with Crippen molar-refractivity contribution in [2.45, 2.75) is 20.8 Å². The Morgan fingerprint density at radius 2 is 1.92 bits per heavy atom. The highest BCUT2D eigenvalue weighted by Gasteiger charge is 2.34. The van der Waals surface area contributed by atoms with Crippen molar-refractivity contribution in [3.05, 3.63) is 0 Å². The average molecular weight is 168 g/mol. The van der Waals surface area contributed by atoms with Crippen molar-refractivity contribution >= 4 is 11.8 Å². The predicted octanol–water partition coefficient (Wildman–Crippen LogP) is -0.509. The van der Waals surface area contributed by atoms with Crippen LogP contribution in [-0.4, -0.2) is 11.8 Å². The number of hydrogen-bond donors (Lipinski definition) is 0. The van der Waals surface area contributed by atoms with Gasteiger partial charge in [0.1, 0.15) is 5.78 Å². The predicted molar refractivity (Wildman–Crippen MR) is 38.6 cm³/mol. The van der Waals surface area contributed by atoms with Crippen LogP contribution in [0.5, 0.6) is 0 Å². The SMILES string of the molecule is CC(=O)C(C)(C)[C@@H](C#N)C(=O)[O-]. The average Bonchev–Trinajstić information content (AvgIpc) is 1.86. The second-order valence-electron chi connectivity index (χ2n) is 3.16. The third kappa shape index (κ3) is 1.82. The molecule has 4 heteroatoms. The first kappa shape index (κ1) is 10.6. The molecule has 0 bridgehead atoms. The molecule has 0 aliphatic carbocycles. The molecule has 0 aromatic heterocycles. The van der Waals surface area contributed by atoms with Gasteiger partial charge in [-0.1, -0.05) is 13.8 Å². The van der Waals surface area contributed by atoms with Crippen LogP contribution in [0.4, 0.5) is 0 Å². The Hall–Kier alpha value is -1.37. The number of Topliss-reactive ketones (excluding diaryl/α,β-unsaturated/α-hetero) is 1. The van der Waals surface area contributed by atoms with Gasteiger partial charge in [0.15, 0.2) is 0 Å². The van der Waals surface area contributed by atoms with E-state index in [1.165, 1.54) is 20.8 Å². The first-order valence-corrected chi connectivity index (χ1v) is 3.45. The van der Waals surface area contributed by atoms with E-state index in [9.17, 15) is 14.7 Å². The molecular weight excluding hydrogens is 158 g/mol. The Morgan fingerprint density at radius 1 is 1.50 bits per heavy atom. The smallest absolute Gasteiger partial charge is 0.137 e. The summed E-state index contributed by atoms with van der Waals surface area (Å²) in [5, 5.41) is 18.9. The van der Waals surface area contributed by atoms with Crippen molar-refractivity contribution < 1.29 is 14.7 Å². The molecule has 0 unspecified atom stereocenters. The van der Waals surface area contributed by atoms with E-state index in [2.05, 4.69) is 0 Å². The number of carboxylic acids is 1. The van der Waals surface area contributed by atoms with Crippen LogP contribution < -0.4 is 5.11 Å². The summed E-state index contributed by atoms with van der Waals surface area (Å²) in [7, 11) is 0. The van der Waals surface area contributed by atoms with Gasteiger partial charge in [0, 0.05) is 5.41 Å². The van der Waals surface area contributed by atoms with Gasteiger partial charge in [0.25, 0.3) is 0 Å². The summed E-state index contributed by atoms with van der Waals surface area (Å²) in [4.78, 5) is 21.3. The zero-order valence-corrected chi connectivity index (χ0v) is 7.25. The topological polar surface area (TPSA) is 81.0 Å². The standard InChI is InChI=1S/C8H11NO3/c1-5(10)8(2,3)6(4-9)7(11)12/h6H,1-3H3,(H,11,12)/p-1/t6-/m0/s1. The van der Waals surface area contributed by atoms with Crippen LogP contribution in [0.2, 0.25) is 0 Å². The molecule has 0 saturated heterocycles. The first-order valence-electron chi connectivity index (χ1n) is 3.45. The van der Waals surface area contributed by atoms with Crippen LogP contribution in [0.3, 0.4) is 0 Å². The Morgan fingerprint density at radius 3 is 2.00 bits per heavy atom. The van der Waals surface area contributed by atoms with E-state index in [-0.39, 0.29) is 5.78 Å². The summed E-state index contributed by atoms with van der Waals surface area (Å²) in [5.41, 5.74) is -1.17. The number of nitriles is 1. The number of aliphatic carboxylic acids is 1. The third-order valence-electron chi connectivity index (χ3n) is 1.99. The van der Waals surface area contributed by atoms with E-state index in [0.29, 0.717) is 0 Å². The van der Waals surface area contributed by atoms with Crippen molar-refractivity contribution in [3.63, 3.8) is 0 Å². The number of carbonyl (C=O) groups excluding carboxylic acids is 2. The summed E-state index contributed by atoms with van der Waals surface area (Å²) in [6.45, 7) is 4.09. The molecule has 0 aliphatic heterocycles. The fourth-order valence-corrected chi connectivity index (χ4v) is 0.712. The molecule has 0 aromatic carbocycles. The quantitative estimate of drug-likeness (QED) is 0.568. The van der Waals surface area contributed by atoms with Crippen molar-refractivity contribution in [3.8, 4) is 6.07 Å². The van der Waals surface area contributed by atoms with Crippen LogP contribution in [0, 0.1) is 22.7 Å². The molecule has 0 aromatic rings. The van der Waals surface area contributed by atoms with Crippen molar-refractivity contribution in [2.75, 3.05) is 0 Å². The molecule has 66 valence electrons. The molecular formula is C8H10NO3-. The minimum Gasteiger partial charge on any atom is -0.549 e. The van der Waals surface area contributed by atoms with E-state index in [4.69, 9.17) is 5.26 Å². The maximum absolute atomic E-state index is 10.9. The Bertz CT molecular complexity index is 250. The molecule has 12 heavy (non-hydrogen) atoms. The molecule has 0 heterocycles. The van der Waals surface area contributed by atoms with Crippen molar-refractivity contribution in [2.24, 2.45) is 11.3 Å². The van der Waals surface area contributed by atoms with Gasteiger partial charge in [0.05, 0.1) is 18.0 Å². The number of hydrogen-bond acceptors (Lipinski definition) is 4. The van der Waals surface area contributed by atoms with Crippen molar-refractivity contribution in [1.29, 1.82) is 5.26 Å². The van der Waals surface area contributed by atoms with Crippen LogP contribution >= 0.6 is 0 Å². The summed E-state index contributed by atoms with van der Waals surface area (Å²) in [5.74, 6) is -3.22. The zero-order valence-electron chi connectivity index (χ0n) is 7.25. The minimum absolute atomic E-state index is 0.335. The van der Waals surface area contributed by atoms with Gasteiger partial charge in [-0.25, -0.2) is 0 Å². The summed E-state index contributed by atoms with van der Waals surface area (Å²) in [6.07, 6.45) is 0. The number of carboxylic acid groups (broad SMARTS) is 1. The second kappa shape index (κ2) is 3.35. The molecule has 0 radical (unpaired) electrons. The molecule has 0 amide bonds. The van der Waals surface area contributed by atoms with Gasteiger partial charge >= 0.3 is 0 Å². The second-order valence-corrected chi connectivity index (χ2v) is 3.16. The molecule has 0 fully saturated rings. The zero-order chi connectivity index (χ0) is 9.94. The normalized spacial score (nSPS) is 13.2. The van der Waals surface area contributed by atoms with Crippen molar-refractivity contribution in [1.82, 2.24) is 0 Å². The highest BCUT2D eigenvalue weighted by Crippen LogP contribution is 2.26. The summed E-state index contributed by atoms with van der Waals surface area (Å²) in [6, 6.07) is 1.54. The monoisotopic (exact) mass is 168 g/mol. The molecule has 0 saturated carbocycles. The van der Waals surface area contributed by atoms with E-state index in [1.807, 2.05) is 0 Å². The van der Waals surface area contributed by atoms with Gasteiger partial charge in [-0.3, -0.25) is 4.79 Å². The highest BCUT2D eigenvalue weighted by molar-refractivity contribution is 5.88. The lowest BCUT2D eigenvalue weighted by Gasteiger charge is -2.27. The van der Waals surface area contributed by atoms with Gasteiger partial charge in [0.2, 0.25) is 0 Å². The molecule has 0 aliphatic rings. The van der Waals surface area contributed by atoms with Crippen LogP contribution in [-0.2, 0) is 9.59 Å². The minimum atomic E-state index is -1.50. The fourth-order valence-electron chi connectivity index (χ4n) is 0.712. The van der Waals surface area contributed by atoms with E-state index < -0.39 is 17.3 Å². The maximum atomic E-state index is 10.9. The van der Waals surface area contributed by atoms with Gasteiger partial charge in [-0.2, -0.15) is 5.26 Å². The van der Waals surface area contributed by atoms with E-state index in [1.54, 1.807) is 6.07 Å². The molecule has 1 atom stereocenters. The highest BCUT2D eigenvalue weighted by atomic mass is 16.4. The molecule has 0 rings (SSSR count). The number of carbonyl (C=O) groups is 2. The molecule has 0 spiro atoms. The Kier molecular flexibility index (Phi) is 2.97. The van der Waals surface area contributed by atoms with E-state index >= 15 is 0 Å². The summed E-state index contributed by atoms with van der Waals surface area (Å²) < 4.78 is 0. The number of nitrogens with zero attached hydrogens (tertiary/aromatic N) is 1. The largest absolute Gasteiger partial charge is 0.549 e.